The molecule has 0 bridgehead atoms. The minimum atomic E-state index is -0.408. The molecular weight excluding hydrogens is 360 g/mol. The minimum Gasteiger partial charge on any atom is -0.497 e. The molecule has 0 spiro atoms. The Labute approximate surface area is 163 Å². The number of benzene rings is 2. The summed E-state index contributed by atoms with van der Waals surface area (Å²) in [6, 6.07) is 8.95. The van der Waals surface area contributed by atoms with Crippen LogP contribution in [-0.4, -0.2) is 26.3 Å². The summed E-state index contributed by atoms with van der Waals surface area (Å²) in [6.07, 6.45) is 5.26. The number of hydrogen-bond donors (Lipinski definition) is 1. The predicted molar refractivity (Wildman–Crippen MR) is 106 cm³/mol. The Morgan fingerprint density at radius 1 is 1.07 bits per heavy atom. The second-order valence-corrected chi connectivity index (χ2v) is 6.96. The standard InChI is InChI=1S/C21H22N2O5/c1-26-13-10-16-14-5-4-6-15(14)20(22-21(16)19(11-13)28-3)12-7-8-18(27-2)17(9-12)23(24)25/h4-5,7-11,14-15,20,22H,6H2,1-3H3/t14-,15+,20+/m1/s1. The molecule has 7 nitrogen and oxygen atoms in total. The van der Waals surface area contributed by atoms with E-state index in [4.69, 9.17) is 14.2 Å². The molecular formula is C21H22N2O5. The first kappa shape index (κ1) is 18.2. The van der Waals surface area contributed by atoms with Crippen LogP contribution in [0.1, 0.15) is 29.5 Å². The summed E-state index contributed by atoms with van der Waals surface area (Å²) in [5.74, 6) is 2.13. The first-order chi connectivity index (χ1) is 13.6. The molecule has 146 valence electrons. The zero-order valence-electron chi connectivity index (χ0n) is 16.0. The SMILES string of the molecule is COc1cc(OC)c2c(c1)[C@@H]1C=CC[C@@H]1[C@H](c1ccc(OC)c([N+](=O)[O-])c1)N2. The largest absolute Gasteiger partial charge is 0.497 e. The third-order valence-electron chi connectivity index (χ3n) is 5.62. The van der Waals surface area contributed by atoms with Crippen LogP contribution in [0.3, 0.4) is 0 Å². The van der Waals surface area contributed by atoms with E-state index in [0.717, 1.165) is 29.0 Å². The lowest BCUT2D eigenvalue weighted by Crippen LogP contribution is -2.29. The van der Waals surface area contributed by atoms with E-state index in [1.54, 1.807) is 26.4 Å². The van der Waals surface area contributed by atoms with Crippen molar-refractivity contribution < 1.29 is 19.1 Å². The van der Waals surface area contributed by atoms with Crippen LogP contribution < -0.4 is 19.5 Å². The molecule has 0 aromatic heterocycles. The zero-order valence-corrected chi connectivity index (χ0v) is 16.0. The van der Waals surface area contributed by atoms with E-state index in [0.29, 0.717) is 5.75 Å². The highest BCUT2D eigenvalue weighted by Gasteiger charge is 2.40. The molecule has 0 amide bonds. The first-order valence-electron chi connectivity index (χ1n) is 9.08. The normalized spacial score (nSPS) is 22.0. The smallest absolute Gasteiger partial charge is 0.311 e. The van der Waals surface area contributed by atoms with Crippen LogP contribution >= 0.6 is 0 Å². The van der Waals surface area contributed by atoms with Gasteiger partial charge in [0.05, 0.1) is 38.0 Å². The van der Waals surface area contributed by atoms with Crippen molar-refractivity contribution in [3.8, 4) is 17.2 Å². The molecule has 28 heavy (non-hydrogen) atoms. The highest BCUT2D eigenvalue weighted by atomic mass is 16.6. The lowest BCUT2D eigenvalue weighted by molar-refractivity contribution is -0.385. The van der Waals surface area contributed by atoms with E-state index in [-0.39, 0.29) is 29.3 Å². The van der Waals surface area contributed by atoms with Gasteiger partial charge in [-0.25, -0.2) is 0 Å². The number of allylic oxidation sites excluding steroid dienone is 2. The van der Waals surface area contributed by atoms with E-state index in [1.807, 2.05) is 18.2 Å². The number of fused-ring (bicyclic) bond motifs is 3. The molecule has 1 heterocycles. The number of nitrogens with one attached hydrogen (secondary N) is 1. The van der Waals surface area contributed by atoms with Gasteiger partial charge in [-0.15, -0.1) is 0 Å². The maximum absolute atomic E-state index is 11.5. The Morgan fingerprint density at radius 2 is 1.86 bits per heavy atom. The van der Waals surface area contributed by atoms with Gasteiger partial charge in [0.1, 0.15) is 11.5 Å². The molecule has 4 rings (SSSR count). The lowest BCUT2D eigenvalue weighted by Gasteiger charge is -2.38. The molecule has 1 N–H and O–H groups in total. The molecule has 3 atom stereocenters. The van der Waals surface area contributed by atoms with Gasteiger partial charge in [-0.05, 0) is 35.6 Å². The first-order valence-corrected chi connectivity index (χ1v) is 9.08. The maximum Gasteiger partial charge on any atom is 0.311 e. The summed E-state index contributed by atoms with van der Waals surface area (Å²) >= 11 is 0. The maximum atomic E-state index is 11.5. The fraction of sp³-hybridized carbons (Fsp3) is 0.333. The van der Waals surface area contributed by atoms with Crippen molar-refractivity contribution >= 4 is 11.4 Å². The third kappa shape index (κ3) is 2.83. The molecule has 2 aromatic carbocycles. The quantitative estimate of drug-likeness (QED) is 0.467. The van der Waals surface area contributed by atoms with Crippen molar-refractivity contribution in [3.63, 3.8) is 0 Å². The molecule has 0 saturated carbocycles. The minimum absolute atomic E-state index is 0.0307. The van der Waals surface area contributed by atoms with Gasteiger partial charge in [0.15, 0.2) is 5.75 Å². The van der Waals surface area contributed by atoms with Crippen LogP contribution in [0.5, 0.6) is 17.2 Å². The van der Waals surface area contributed by atoms with E-state index in [2.05, 4.69) is 17.5 Å². The van der Waals surface area contributed by atoms with Gasteiger partial charge in [-0.3, -0.25) is 10.1 Å². The summed E-state index contributed by atoms with van der Waals surface area (Å²) in [6.45, 7) is 0. The van der Waals surface area contributed by atoms with Crippen LogP contribution in [0.15, 0.2) is 42.5 Å². The predicted octanol–water partition coefficient (Wildman–Crippen LogP) is 4.45. The number of nitrogens with zero attached hydrogens (tertiary/aromatic N) is 1. The van der Waals surface area contributed by atoms with Crippen molar-refractivity contribution in [2.24, 2.45) is 5.92 Å². The Bertz CT molecular complexity index is 956. The summed E-state index contributed by atoms with van der Waals surface area (Å²) in [5, 5.41) is 15.0. The van der Waals surface area contributed by atoms with Crippen LogP contribution in [0, 0.1) is 16.0 Å². The highest BCUT2D eigenvalue weighted by Crippen LogP contribution is 2.53. The van der Waals surface area contributed by atoms with E-state index in [9.17, 15) is 10.1 Å². The topological polar surface area (TPSA) is 82.9 Å². The van der Waals surface area contributed by atoms with Gasteiger partial charge in [0, 0.05) is 18.1 Å². The average Bonchev–Trinajstić information content (AvgIpc) is 3.22. The number of rotatable bonds is 5. The Balaban J connectivity index is 1.82. The van der Waals surface area contributed by atoms with E-state index in [1.165, 1.54) is 7.11 Å². The summed E-state index contributed by atoms with van der Waals surface area (Å²) < 4.78 is 16.2. The van der Waals surface area contributed by atoms with Gasteiger partial charge >= 0.3 is 5.69 Å². The zero-order chi connectivity index (χ0) is 19.8. The van der Waals surface area contributed by atoms with Crippen molar-refractivity contribution in [1.29, 1.82) is 0 Å². The fourth-order valence-corrected chi connectivity index (χ4v) is 4.29. The monoisotopic (exact) mass is 382 g/mol. The summed E-state index contributed by atoms with van der Waals surface area (Å²) in [4.78, 5) is 11.1. The Morgan fingerprint density at radius 3 is 2.54 bits per heavy atom. The van der Waals surface area contributed by atoms with Gasteiger partial charge in [-0.1, -0.05) is 18.2 Å². The van der Waals surface area contributed by atoms with Crippen molar-refractivity contribution in [1.82, 2.24) is 0 Å². The average molecular weight is 382 g/mol. The number of hydrogen-bond acceptors (Lipinski definition) is 6. The molecule has 0 saturated heterocycles. The number of anilines is 1. The van der Waals surface area contributed by atoms with Crippen molar-refractivity contribution in [2.45, 2.75) is 18.4 Å². The third-order valence-corrected chi connectivity index (χ3v) is 5.62. The summed E-state index contributed by atoms with van der Waals surface area (Å²) in [7, 11) is 4.70. The van der Waals surface area contributed by atoms with Crippen molar-refractivity contribution in [3.05, 3.63) is 63.7 Å². The van der Waals surface area contributed by atoms with Gasteiger partial charge in [-0.2, -0.15) is 0 Å². The Kier molecular flexibility index (Phi) is 4.58. The molecule has 7 heteroatoms. The second kappa shape index (κ2) is 7.07. The molecule has 2 aromatic rings. The van der Waals surface area contributed by atoms with E-state index >= 15 is 0 Å². The molecule has 1 aliphatic carbocycles. The molecule has 0 radical (unpaired) electrons. The molecule has 1 aliphatic heterocycles. The number of nitro groups is 1. The molecule has 0 unspecified atom stereocenters. The van der Waals surface area contributed by atoms with Crippen LogP contribution in [-0.2, 0) is 0 Å². The van der Waals surface area contributed by atoms with Gasteiger partial charge in [0.2, 0.25) is 0 Å². The van der Waals surface area contributed by atoms with E-state index < -0.39 is 4.92 Å². The fourth-order valence-electron chi connectivity index (χ4n) is 4.29. The van der Waals surface area contributed by atoms with Crippen LogP contribution in [0.2, 0.25) is 0 Å². The number of ether oxygens (including phenoxy) is 3. The Hall–Kier alpha value is -3.22. The lowest BCUT2D eigenvalue weighted by atomic mass is 9.76. The van der Waals surface area contributed by atoms with Gasteiger partial charge < -0.3 is 19.5 Å². The highest BCUT2D eigenvalue weighted by molar-refractivity contribution is 5.70. The van der Waals surface area contributed by atoms with Crippen molar-refractivity contribution in [2.75, 3.05) is 26.6 Å². The number of nitro benzene ring substituents is 1. The van der Waals surface area contributed by atoms with Crippen LogP contribution in [0.4, 0.5) is 11.4 Å². The molecule has 0 fully saturated rings. The second-order valence-electron chi connectivity index (χ2n) is 6.96. The number of methoxy groups -OCH3 is 3. The summed E-state index contributed by atoms with van der Waals surface area (Å²) in [5.41, 5.74) is 2.85. The van der Waals surface area contributed by atoms with Gasteiger partial charge in [0.25, 0.3) is 0 Å². The van der Waals surface area contributed by atoms with Crippen LogP contribution in [0.25, 0.3) is 0 Å². The molecule has 2 aliphatic rings.